The third-order valence-corrected chi connectivity index (χ3v) is 2.23. The van der Waals surface area contributed by atoms with Crippen molar-refractivity contribution in [3.05, 3.63) is 16.7 Å². The van der Waals surface area contributed by atoms with Crippen molar-refractivity contribution in [2.75, 3.05) is 11.5 Å². The summed E-state index contributed by atoms with van der Waals surface area (Å²) >= 11 is 3.70. The highest BCUT2D eigenvalue weighted by molar-refractivity contribution is 7.80. The Morgan fingerprint density at radius 1 is 1.19 bits per heavy atom. The molecule has 2 aromatic heterocycles. The number of aromatic hydroxyl groups is 2. The Labute approximate surface area is 123 Å². The first-order valence-electron chi connectivity index (χ1n) is 5.19. The molecular weight excluding hydrogens is 302 g/mol. The highest BCUT2D eigenvalue weighted by Crippen LogP contribution is 2.29. The molecule has 0 bridgehead atoms. The first kappa shape index (κ1) is 16.3. The number of nitroso groups, excluding NO2 is 1. The number of hydrogen-bond acceptors (Lipinski definition) is 12. The summed E-state index contributed by atoms with van der Waals surface area (Å²) in [6, 6.07) is -0.380. The van der Waals surface area contributed by atoms with Crippen LogP contribution in [0.25, 0.3) is 0 Å². The first-order chi connectivity index (χ1) is 9.88. The Bertz CT molecular complexity index is 631. The van der Waals surface area contributed by atoms with E-state index in [2.05, 4.69) is 37.7 Å². The van der Waals surface area contributed by atoms with Gasteiger partial charge in [-0.3, -0.25) is 0 Å². The number of aromatic nitrogens is 4. The molecule has 2 rings (SSSR count). The molecule has 0 fully saturated rings. The van der Waals surface area contributed by atoms with Crippen molar-refractivity contribution < 1.29 is 15.3 Å². The zero-order valence-electron chi connectivity index (χ0n) is 10.4. The van der Waals surface area contributed by atoms with E-state index in [-0.39, 0.29) is 35.1 Å². The van der Waals surface area contributed by atoms with Crippen molar-refractivity contribution in [2.45, 2.75) is 11.8 Å². The van der Waals surface area contributed by atoms with Gasteiger partial charge in [0, 0.05) is 11.8 Å². The fourth-order valence-corrected chi connectivity index (χ4v) is 1.27. The molecule has 12 heteroatoms. The summed E-state index contributed by atoms with van der Waals surface area (Å²) in [7, 11) is 0. The van der Waals surface area contributed by atoms with Gasteiger partial charge in [0.25, 0.3) is 0 Å². The minimum Gasteiger partial charge on any atom is -0.491 e. The van der Waals surface area contributed by atoms with Crippen molar-refractivity contribution in [3.63, 3.8) is 0 Å². The van der Waals surface area contributed by atoms with Crippen LogP contribution in [0.5, 0.6) is 11.9 Å². The van der Waals surface area contributed by atoms with E-state index in [1.165, 1.54) is 6.20 Å². The Balaban J connectivity index is 0.000000211. The summed E-state index contributed by atoms with van der Waals surface area (Å²) in [6.45, 7) is -0.216. The SMILES string of the molecule is Nc1nc(O)ncc1CO.Nc1nc(S)nc(O)c1N=O. The van der Waals surface area contributed by atoms with Crippen molar-refractivity contribution in [3.8, 4) is 11.9 Å². The maximum atomic E-state index is 9.96. The molecule has 0 unspecified atom stereocenters. The Morgan fingerprint density at radius 3 is 2.33 bits per heavy atom. The molecule has 0 aliphatic carbocycles. The molecule has 0 saturated carbocycles. The van der Waals surface area contributed by atoms with Crippen LogP contribution in [-0.4, -0.2) is 35.3 Å². The van der Waals surface area contributed by atoms with Crippen LogP contribution in [0.2, 0.25) is 0 Å². The molecule has 0 amide bonds. The van der Waals surface area contributed by atoms with E-state index < -0.39 is 5.88 Å². The van der Waals surface area contributed by atoms with Crippen LogP contribution in [0.4, 0.5) is 17.3 Å². The zero-order valence-corrected chi connectivity index (χ0v) is 11.3. The highest BCUT2D eigenvalue weighted by Gasteiger charge is 2.09. The van der Waals surface area contributed by atoms with E-state index >= 15 is 0 Å². The molecule has 0 atom stereocenters. The average molecular weight is 313 g/mol. The maximum Gasteiger partial charge on any atom is 0.315 e. The second kappa shape index (κ2) is 7.16. The zero-order chi connectivity index (χ0) is 16.0. The molecule has 2 heterocycles. The number of aliphatic hydroxyl groups excluding tert-OH is 1. The number of rotatable bonds is 2. The predicted octanol–water partition coefficient (Wildman–Crippen LogP) is -0.292. The van der Waals surface area contributed by atoms with Crippen molar-refractivity contribution in [1.82, 2.24) is 19.9 Å². The fourth-order valence-electron chi connectivity index (χ4n) is 1.07. The molecule has 21 heavy (non-hydrogen) atoms. The van der Waals surface area contributed by atoms with Crippen LogP contribution in [0.3, 0.4) is 0 Å². The fraction of sp³-hybridized carbons (Fsp3) is 0.111. The van der Waals surface area contributed by atoms with E-state index in [0.29, 0.717) is 5.56 Å². The van der Waals surface area contributed by atoms with Crippen LogP contribution in [0.1, 0.15) is 5.56 Å². The minimum absolute atomic E-state index is 0.00704. The van der Waals surface area contributed by atoms with Gasteiger partial charge in [0.1, 0.15) is 5.82 Å². The number of thiol groups is 1. The molecule has 0 aromatic carbocycles. The van der Waals surface area contributed by atoms with Gasteiger partial charge < -0.3 is 26.8 Å². The standard InChI is InChI=1S/C5H7N3O2.C4H4N4O2S/c6-4-3(2-9)1-7-5(10)8-4;5-2-1(8-10)3(9)7-4(11)6-2/h1,9H,2H2,(H3,6,7,8,10);(H4,5,6,7,9,11). The minimum atomic E-state index is -0.558. The molecule has 112 valence electrons. The van der Waals surface area contributed by atoms with E-state index in [1.807, 2.05) is 0 Å². The van der Waals surface area contributed by atoms with Gasteiger partial charge in [0.15, 0.2) is 11.0 Å². The molecule has 0 spiro atoms. The van der Waals surface area contributed by atoms with Crippen LogP contribution in [0, 0.1) is 4.91 Å². The van der Waals surface area contributed by atoms with Crippen molar-refractivity contribution in [2.24, 2.45) is 5.18 Å². The number of nitrogens with zero attached hydrogens (tertiary/aromatic N) is 5. The van der Waals surface area contributed by atoms with Crippen LogP contribution in [0.15, 0.2) is 16.5 Å². The first-order valence-corrected chi connectivity index (χ1v) is 5.63. The lowest BCUT2D eigenvalue weighted by molar-refractivity contribution is 0.281. The van der Waals surface area contributed by atoms with Gasteiger partial charge in [0.2, 0.25) is 11.6 Å². The molecule has 0 aliphatic rings. The summed E-state index contributed by atoms with van der Waals surface area (Å²) in [5, 5.41) is 28.5. The molecule has 2 aromatic rings. The van der Waals surface area contributed by atoms with Gasteiger partial charge in [-0.1, -0.05) is 0 Å². The average Bonchev–Trinajstić information content (AvgIpc) is 2.39. The van der Waals surface area contributed by atoms with E-state index in [0.717, 1.165) is 0 Å². The summed E-state index contributed by atoms with van der Waals surface area (Å²) in [4.78, 5) is 23.6. The van der Waals surface area contributed by atoms with E-state index in [1.54, 1.807) is 0 Å². The molecule has 7 N–H and O–H groups in total. The number of anilines is 2. The third-order valence-electron chi connectivity index (χ3n) is 2.03. The van der Waals surface area contributed by atoms with E-state index in [9.17, 15) is 4.91 Å². The van der Waals surface area contributed by atoms with Gasteiger partial charge in [-0.15, -0.1) is 17.5 Å². The van der Waals surface area contributed by atoms with Crippen LogP contribution in [-0.2, 0) is 6.61 Å². The van der Waals surface area contributed by atoms with Gasteiger partial charge >= 0.3 is 6.01 Å². The highest BCUT2D eigenvalue weighted by atomic mass is 32.1. The Kier molecular flexibility index (Phi) is 5.57. The molecule has 0 saturated heterocycles. The number of aliphatic hydroxyl groups is 1. The largest absolute Gasteiger partial charge is 0.491 e. The summed E-state index contributed by atoms with van der Waals surface area (Å²) in [5.74, 6) is -0.634. The maximum absolute atomic E-state index is 9.96. The summed E-state index contributed by atoms with van der Waals surface area (Å²) < 4.78 is 0. The second-order valence-electron chi connectivity index (χ2n) is 3.41. The van der Waals surface area contributed by atoms with Crippen molar-refractivity contribution in [1.29, 1.82) is 0 Å². The quantitative estimate of drug-likeness (QED) is 0.243. The smallest absolute Gasteiger partial charge is 0.315 e. The summed E-state index contributed by atoms with van der Waals surface area (Å²) in [6.07, 6.45) is 1.28. The number of nitrogens with two attached hydrogens (primary N) is 2. The Hall–Kier alpha value is -2.73. The Morgan fingerprint density at radius 2 is 1.86 bits per heavy atom. The lowest BCUT2D eigenvalue weighted by atomic mass is 10.3. The molecule has 0 aliphatic heterocycles. The van der Waals surface area contributed by atoms with Crippen molar-refractivity contribution >= 4 is 30.0 Å². The van der Waals surface area contributed by atoms with Gasteiger partial charge in [0.05, 0.1) is 6.61 Å². The second-order valence-corrected chi connectivity index (χ2v) is 3.81. The van der Waals surface area contributed by atoms with E-state index in [4.69, 9.17) is 26.8 Å². The monoisotopic (exact) mass is 313 g/mol. The normalized spacial score (nSPS) is 9.62. The lowest BCUT2D eigenvalue weighted by Gasteiger charge is -1.98. The van der Waals surface area contributed by atoms with Crippen LogP contribution < -0.4 is 11.5 Å². The van der Waals surface area contributed by atoms with Gasteiger partial charge in [-0.25, -0.2) is 9.97 Å². The lowest BCUT2D eigenvalue weighted by Crippen LogP contribution is -1.98. The number of hydrogen-bond donors (Lipinski definition) is 6. The summed E-state index contributed by atoms with van der Waals surface area (Å²) in [5.41, 5.74) is 10.5. The molecule has 11 nitrogen and oxygen atoms in total. The van der Waals surface area contributed by atoms with Crippen LogP contribution >= 0.6 is 12.6 Å². The number of nitrogen functional groups attached to an aromatic ring is 2. The predicted molar refractivity (Wildman–Crippen MR) is 74.8 cm³/mol. The van der Waals surface area contributed by atoms with Gasteiger partial charge in [-0.2, -0.15) is 9.97 Å². The topological polar surface area (TPSA) is 194 Å². The molecular formula is C9H11N7O4S. The third kappa shape index (κ3) is 4.39. The molecule has 0 radical (unpaired) electrons. The van der Waals surface area contributed by atoms with Gasteiger partial charge in [-0.05, 0) is 5.18 Å².